The third-order valence-electron chi connectivity index (χ3n) is 3.03. The molecule has 134 valence electrons. The Bertz CT molecular complexity index is 868. The minimum absolute atomic E-state index is 0.153. The van der Waals surface area contributed by atoms with E-state index in [1.165, 1.54) is 42.5 Å². The van der Waals surface area contributed by atoms with Crippen LogP contribution in [-0.2, 0) is 9.53 Å². The number of carbonyl (C=O) groups is 2. The number of ether oxygens (including phenoxy) is 2. The van der Waals surface area contributed by atoms with E-state index in [2.05, 4.69) is 10.1 Å². The Hall–Kier alpha value is -3.18. The third kappa shape index (κ3) is 5.16. The van der Waals surface area contributed by atoms with E-state index in [1.54, 1.807) is 0 Å². The summed E-state index contributed by atoms with van der Waals surface area (Å²) in [6.07, 6.45) is 0. The first-order chi connectivity index (χ1) is 12.4. The van der Waals surface area contributed by atoms with Gasteiger partial charge in [-0.3, -0.25) is 4.79 Å². The smallest absolute Gasteiger partial charge is 0.387 e. The molecule has 0 unspecified atom stereocenters. The molecule has 0 spiro atoms. The highest BCUT2D eigenvalue weighted by Crippen LogP contribution is 2.22. The summed E-state index contributed by atoms with van der Waals surface area (Å²) >= 11 is 5.85. The van der Waals surface area contributed by atoms with Gasteiger partial charge in [0.25, 0.3) is 5.91 Å². The van der Waals surface area contributed by atoms with Crippen molar-refractivity contribution in [1.29, 1.82) is 5.26 Å². The molecule has 0 bridgehead atoms. The molecule has 0 aliphatic heterocycles. The van der Waals surface area contributed by atoms with Crippen LogP contribution in [0, 0.1) is 11.3 Å². The maximum Gasteiger partial charge on any atom is 0.387 e. The van der Waals surface area contributed by atoms with Gasteiger partial charge in [-0.1, -0.05) is 23.7 Å². The number of amides is 1. The van der Waals surface area contributed by atoms with Crippen molar-refractivity contribution in [2.45, 2.75) is 6.61 Å². The second kappa shape index (κ2) is 8.78. The first-order valence-electron chi connectivity index (χ1n) is 7.11. The quantitative estimate of drug-likeness (QED) is 0.773. The number of halogens is 3. The van der Waals surface area contributed by atoms with Crippen LogP contribution >= 0.6 is 11.6 Å². The van der Waals surface area contributed by atoms with Crippen LogP contribution in [0.25, 0.3) is 0 Å². The van der Waals surface area contributed by atoms with E-state index < -0.39 is 25.1 Å². The number of nitrogens with one attached hydrogen (secondary N) is 1. The predicted octanol–water partition coefficient (Wildman–Crippen LogP) is 3.61. The van der Waals surface area contributed by atoms with Crippen molar-refractivity contribution in [3.05, 3.63) is 58.6 Å². The molecule has 0 aliphatic rings. The summed E-state index contributed by atoms with van der Waals surface area (Å²) in [5, 5.41) is 11.4. The predicted molar refractivity (Wildman–Crippen MR) is 88.2 cm³/mol. The molecule has 0 fully saturated rings. The lowest BCUT2D eigenvalue weighted by atomic mass is 10.2. The Kier molecular flexibility index (Phi) is 6.47. The zero-order valence-electron chi connectivity index (χ0n) is 13.0. The SMILES string of the molecule is N#Cc1ccc(NC(=O)COC(=O)c2ccccc2OC(F)F)cc1Cl. The van der Waals surface area contributed by atoms with Crippen LogP contribution in [0.15, 0.2) is 42.5 Å². The number of benzene rings is 2. The number of esters is 1. The van der Waals surface area contributed by atoms with E-state index in [4.69, 9.17) is 21.6 Å². The van der Waals surface area contributed by atoms with Crippen molar-refractivity contribution in [2.75, 3.05) is 11.9 Å². The van der Waals surface area contributed by atoms with Gasteiger partial charge in [0, 0.05) is 5.69 Å². The van der Waals surface area contributed by atoms with Crippen molar-refractivity contribution >= 4 is 29.2 Å². The summed E-state index contributed by atoms with van der Waals surface area (Å²) in [5.41, 5.74) is 0.310. The van der Waals surface area contributed by atoms with Gasteiger partial charge >= 0.3 is 12.6 Å². The van der Waals surface area contributed by atoms with E-state index in [-0.39, 0.29) is 21.9 Å². The van der Waals surface area contributed by atoms with Crippen LogP contribution in [0.1, 0.15) is 15.9 Å². The molecule has 0 saturated heterocycles. The number of anilines is 1. The first-order valence-corrected chi connectivity index (χ1v) is 7.49. The van der Waals surface area contributed by atoms with Gasteiger partial charge in [0.1, 0.15) is 17.4 Å². The van der Waals surface area contributed by atoms with Crippen molar-refractivity contribution in [3.8, 4) is 11.8 Å². The number of nitriles is 1. The van der Waals surface area contributed by atoms with Gasteiger partial charge in [0.2, 0.25) is 0 Å². The molecule has 2 aromatic carbocycles. The van der Waals surface area contributed by atoms with Crippen LogP contribution in [0.2, 0.25) is 5.02 Å². The lowest BCUT2D eigenvalue weighted by Crippen LogP contribution is -2.21. The van der Waals surface area contributed by atoms with Gasteiger partial charge in [-0.25, -0.2) is 4.79 Å². The third-order valence-corrected chi connectivity index (χ3v) is 3.34. The number of rotatable bonds is 6. The fourth-order valence-electron chi connectivity index (χ4n) is 1.92. The Morgan fingerprint density at radius 3 is 2.62 bits per heavy atom. The molecule has 0 heterocycles. The zero-order valence-corrected chi connectivity index (χ0v) is 13.8. The summed E-state index contributed by atoms with van der Waals surface area (Å²) in [6, 6.07) is 11.4. The fourth-order valence-corrected chi connectivity index (χ4v) is 2.15. The van der Waals surface area contributed by atoms with Gasteiger partial charge in [-0.2, -0.15) is 14.0 Å². The highest BCUT2D eigenvalue weighted by Gasteiger charge is 2.17. The molecular formula is C17H11ClF2N2O4. The topological polar surface area (TPSA) is 88.4 Å². The average molecular weight is 381 g/mol. The van der Waals surface area contributed by atoms with Crippen molar-refractivity contribution in [3.63, 3.8) is 0 Å². The second-order valence-electron chi connectivity index (χ2n) is 4.81. The van der Waals surface area contributed by atoms with Gasteiger partial charge in [0.05, 0.1) is 10.6 Å². The van der Waals surface area contributed by atoms with E-state index in [0.29, 0.717) is 5.69 Å². The Labute approximate surface area is 151 Å². The van der Waals surface area contributed by atoms with Crippen LogP contribution in [0.4, 0.5) is 14.5 Å². The highest BCUT2D eigenvalue weighted by atomic mass is 35.5. The summed E-state index contributed by atoms with van der Waals surface area (Å²) in [6.45, 7) is -3.76. The van der Waals surface area contributed by atoms with Crippen molar-refractivity contribution in [1.82, 2.24) is 0 Å². The molecule has 26 heavy (non-hydrogen) atoms. The number of hydrogen-bond donors (Lipinski definition) is 1. The molecule has 1 amide bonds. The van der Waals surface area contributed by atoms with Gasteiger partial charge in [0.15, 0.2) is 6.61 Å². The number of nitrogens with zero attached hydrogens (tertiary/aromatic N) is 1. The number of alkyl halides is 2. The monoisotopic (exact) mass is 380 g/mol. The summed E-state index contributed by atoms with van der Waals surface area (Å²) in [4.78, 5) is 23.8. The van der Waals surface area contributed by atoms with E-state index in [1.807, 2.05) is 6.07 Å². The fraction of sp³-hybridized carbons (Fsp3) is 0.118. The molecule has 6 nitrogen and oxygen atoms in total. The van der Waals surface area contributed by atoms with E-state index in [0.717, 1.165) is 0 Å². The molecule has 0 radical (unpaired) electrons. The Morgan fingerprint density at radius 2 is 1.96 bits per heavy atom. The summed E-state index contributed by atoms with van der Waals surface area (Å²) in [5.74, 6) is -2.02. The number of carbonyl (C=O) groups excluding carboxylic acids is 2. The number of hydrogen-bond acceptors (Lipinski definition) is 5. The Morgan fingerprint density at radius 1 is 1.23 bits per heavy atom. The summed E-state index contributed by atoms with van der Waals surface area (Å²) < 4.78 is 33.7. The molecule has 1 N–H and O–H groups in total. The second-order valence-corrected chi connectivity index (χ2v) is 5.21. The number of para-hydroxylation sites is 1. The molecule has 0 atom stereocenters. The molecule has 0 saturated carbocycles. The lowest BCUT2D eigenvalue weighted by Gasteiger charge is -2.10. The molecule has 9 heteroatoms. The largest absolute Gasteiger partial charge is 0.452 e. The minimum Gasteiger partial charge on any atom is -0.452 e. The van der Waals surface area contributed by atoms with Crippen LogP contribution in [0.5, 0.6) is 5.75 Å². The molecule has 2 aromatic rings. The zero-order chi connectivity index (χ0) is 19.1. The maximum atomic E-state index is 12.3. The molecule has 0 aromatic heterocycles. The van der Waals surface area contributed by atoms with Gasteiger partial charge in [-0.15, -0.1) is 0 Å². The lowest BCUT2D eigenvalue weighted by molar-refractivity contribution is -0.119. The highest BCUT2D eigenvalue weighted by molar-refractivity contribution is 6.32. The molecule has 0 aliphatic carbocycles. The van der Waals surface area contributed by atoms with E-state index in [9.17, 15) is 18.4 Å². The first kappa shape index (κ1) is 19.1. The van der Waals surface area contributed by atoms with Gasteiger partial charge < -0.3 is 14.8 Å². The van der Waals surface area contributed by atoms with Gasteiger partial charge in [-0.05, 0) is 30.3 Å². The standard InChI is InChI=1S/C17H11ClF2N2O4/c18-13-7-11(6-5-10(13)8-21)22-15(23)9-25-16(24)12-3-1-2-4-14(12)26-17(19)20/h1-7,17H,9H2,(H,22,23). The van der Waals surface area contributed by atoms with Crippen molar-refractivity contribution in [2.24, 2.45) is 0 Å². The summed E-state index contributed by atoms with van der Waals surface area (Å²) in [7, 11) is 0. The average Bonchev–Trinajstić information content (AvgIpc) is 2.60. The normalized spacial score (nSPS) is 10.1. The van der Waals surface area contributed by atoms with Crippen LogP contribution in [-0.4, -0.2) is 25.1 Å². The molecule has 2 rings (SSSR count). The minimum atomic E-state index is -3.10. The van der Waals surface area contributed by atoms with E-state index >= 15 is 0 Å². The van der Waals surface area contributed by atoms with Crippen LogP contribution < -0.4 is 10.1 Å². The molecular weight excluding hydrogens is 370 g/mol. The Balaban J connectivity index is 1.96. The van der Waals surface area contributed by atoms with Crippen molar-refractivity contribution < 1.29 is 27.8 Å². The maximum absolute atomic E-state index is 12.3. The van der Waals surface area contributed by atoms with Crippen LogP contribution in [0.3, 0.4) is 0 Å².